The van der Waals surface area contributed by atoms with E-state index in [1.165, 1.54) is 7.05 Å². The summed E-state index contributed by atoms with van der Waals surface area (Å²) >= 11 is 0. The summed E-state index contributed by atoms with van der Waals surface area (Å²) in [5.74, 6) is 6.62. The average Bonchev–Trinajstić information content (AvgIpc) is 2.36. The number of nitrogens with zero attached hydrogens (tertiary/aromatic N) is 1. The predicted molar refractivity (Wildman–Crippen MR) is 69.5 cm³/mol. The summed E-state index contributed by atoms with van der Waals surface area (Å²) in [7, 11) is 4.67. The zero-order valence-electron chi connectivity index (χ0n) is 11.5. The van der Waals surface area contributed by atoms with Gasteiger partial charge >= 0.3 is 0 Å². The fourth-order valence-corrected chi connectivity index (χ4v) is 1.87. The van der Waals surface area contributed by atoms with E-state index in [4.69, 9.17) is 15.3 Å². The second-order valence-electron chi connectivity index (χ2n) is 4.61. The van der Waals surface area contributed by atoms with Crippen molar-refractivity contribution in [2.45, 2.75) is 19.3 Å². The molecule has 2 N–H and O–H groups in total. The van der Waals surface area contributed by atoms with Crippen molar-refractivity contribution in [3.63, 3.8) is 0 Å². The van der Waals surface area contributed by atoms with Gasteiger partial charge in [0.15, 0.2) is 0 Å². The molecule has 18 heavy (non-hydrogen) atoms. The molecule has 0 bridgehead atoms. The number of carbonyl (C=O) groups excluding carboxylic acids is 1. The molecule has 0 saturated heterocycles. The molecular formula is C13H20N2O3. The highest BCUT2D eigenvalue weighted by molar-refractivity contribution is 5.87. The number of rotatable bonds is 4. The van der Waals surface area contributed by atoms with Gasteiger partial charge in [0.2, 0.25) is 5.91 Å². The van der Waals surface area contributed by atoms with Crippen LogP contribution in [0, 0.1) is 0 Å². The van der Waals surface area contributed by atoms with Gasteiger partial charge < -0.3 is 9.47 Å². The Labute approximate surface area is 107 Å². The summed E-state index contributed by atoms with van der Waals surface area (Å²) in [6.45, 7) is 3.62. The summed E-state index contributed by atoms with van der Waals surface area (Å²) < 4.78 is 10.4. The lowest BCUT2D eigenvalue weighted by Crippen LogP contribution is -2.45. The highest BCUT2D eigenvalue weighted by atomic mass is 16.5. The summed E-state index contributed by atoms with van der Waals surface area (Å²) in [6.07, 6.45) is 0. The van der Waals surface area contributed by atoms with Crippen LogP contribution < -0.4 is 15.3 Å². The predicted octanol–water partition coefficient (Wildman–Crippen LogP) is 1.31. The maximum absolute atomic E-state index is 12.1. The third kappa shape index (κ3) is 2.56. The quantitative estimate of drug-likeness (QED) is 0.498. The second-order valence-corrected chi connectivity index (χ2v) is 4.61. The van der Waals surface area contributed by atoms with E-state index in [1.54, 1.807) is 26.4 Å². The van der Waals surface area contributed by atoms with Gasteiger partial charge in [-0.1, -0.05) is 6.07 Å². The number of nitrogens with two attached hydrogens (primary N) is 1. The summed E-state index contributed by atoms with van der Waals surface area (Å²) in [6, 6.07) is 5.36. The topological polar surface area (TPSA) is 64.8 Å². The number of hydrogen-bond acceptors (Lipinski definition) is 4. The van der Waals surface area contributed by atoms with Gasteiger partial charge in [-0.3, -0.25) is 9.80 Å². The lowest BCUT2D eigenvalue weighted by molar-refractivity contribution is -0.135. The molecule has 0 aliphatic carbocycles. The normalized spacial score (nSPS) is 11.0. The van der Waals surface area contributed by atoms with Crippen molar-refractivity contribution in [3.05, 3.63) is 23.8 Å². The summed E-state index contributed by atoms with van der Waals surface area (Å²) in [5, 5.41) is 1.09. The van der Waals surface area contributed by atoms with E-state index in [0.717, 1.165) is 10.6 Å². The molecule has 0 atom stereocenters. The number of hydrazine groups is 1. The van der Waals surface area contributed by atoms with Crippen LogP contribution in [0.25, 0.3) is 0 Å². The lowest BCUT2D eigenvalue weighted by Gasteiger charge is -2.28. The van der Waals surface area contributed by atoms with Crippen LogP contribution in [0.15, 0.2) is 18.2 Å². The van der Waals surface area contributed by atoms with Gasteiger partial charge in [-0.15, -0.1) is 0 Å². The monoisotopic (exact) mass is 252 g/mol. The molecule has 0 aliphatic heterocycles. The largest absolute Gasteiger partial charge is 0.497 e. The number of benzene rings is 1. The number of likely N-dealkylation sites (N-methyl/N-ethyl adjacent to an activating group) is 1. The van der Waals surface area contributed by atoms with Gasteiger partial charge in [0, 0.05) is 18.7 Å². The average molecular weight is 252 g/mol. The molecule has 0 aliphatic rings. The molecule has 5 heteroatoms. The number of ether oxygens (including phenoxy) is 2. The molecule has 0 radical (unpaired) electrons. The van der Waals surface area contributed by atoms with Crippen LogP contribution in [0.2, 0.25) is 0 Å². The highest BCUT2D eigenvalue weighted by Gasteiger charge is 2.34. The molecule has 1 amide bonds. The van der Waals surface area contributed by atoms with Crippen molar-refractivity contribution < 1.29 is 14.3 Å². The molecule has 1 aromatic carbocycles. The van der Waals surface area contributed by atoms with E-state index in [1.807, 2.05) is 19.9 Å². The van der Waals surface area contributed by atoms with Crippen molar-refractivity contribution in [1.82, 2.24) is 5.01 Å². The second kappa shape index (κ2) is 5.27. The van der Waals surface area contributed by atoms with Crippen molar-refractivity contribution in [3.8, 4) is 11.5 Å². The van der Waals surface area contributed by atoms with E-state index in [2.05, 4.69) is 0 Å². The molecule has 0 spiro atoms. The van der Waals surface area contributed by atoms with Crippen LogP contribution in [0.5, 0.6) is 11.5 Å². The number of amides is 1. The van der Waals surface area contributed by atoms with Crippen LogP contribution in [0.4, 0.5) is 0 Å². The Kier molecular flexibility index (Phi) is 4.19. The molecule has 0 fully saturated rings. The molecule has 0 saturated carbocycles. The molecular weight excluding hydrogens is 232 g/mol. The minimum atomic E-state index is -0.763. The first-order valence-corrected chi connectivity index (χ1v) is 5.60. The summed E-state index contributed by atoms with van der Waals surface area (Å²) in [5.41, 5.74) is 0.00861. The maximum atomic E-state index is 12.1. The highest BCUT2D eigenvalue weighted by Crippen LogP contribution is 2.35. The van der Waals surface area contributed by atoms with Crippen molar-refractivity contribution in [1.29, 1.82) is 0 Å². The van der Waals surface area contributed by atoms with Gasteiger partial charge in [0.1, 0.15) is 11.5 Å². The minimum absolute atomic E-state index is 0.189. The van der Waals surface area contributed by atoms with Gasteiger partial charge in [-0.05, 0) is 19.9 Å². The van der Waals surface area contributed by atoms with E-state index in [-0.39, 0.29) is 5.91 Å². The third-order valence-corrected chi connectivity index (χ3v) is 2.94. The zero-order valence-corrected chi connectivity index (χ0v) is 11.5. The first kappa shape index (κ1) is 14.3. The van der Waals surface area contributed by atoms with Crippen molar-refractivity contribution in [2.24, 2.45) is 5.84 Å². The molecule has 0 aromatic heterocycles. The van der Waals surface area contributed by atoms with Gasteiger partial charge in [0.05, 0.1) is 19.6 Å². The first-order chi connectivity index (χ1) is 8.34. The Morgan fingerprint density at radius 3 is 2.33 bits per heavy atom. The number of carbonyl (C=O) groups is 1. The first-order valence-electron chi connectivity index (χ1n) is 5.60. The molecule has 5 nitrogen and oxygen atoms in total. The Morgan fingerprint density at radius 1 is 1.28 bits per heavy atom. The van der Waals surface area contributed by atoms with E-state index < -0.39 is 5.41 Å². The minimum Gasteiger partial charge on any atom is -0.497 e. The fourth-order valence-electron chi connectivity index (χ4n) is 1.87. The molecule has 1 rings (SSSR count). The van der Waals surface area contributed by atoms with E-state index in [9.17, 15) is 4.79 Å². The van der Waals surface area contributed by atoms with Crippen LogP contribution in [-0.4, -0.2) is 32.2 Å². The fraction of sp³-hybridized carbons (Fsp3) is 0.462. The Hall–Kier alpha value is -1.75. The van der Waals surface area contributed by atoms with E-state index >= 15 is 0 Å². The van der Waals surface area contributed by atoms with Crippen LogP contribution in [0.1, 0.15) is 19.4 Å². The van der Waals surface area contributed by atoms with Gasteiger partial charge in [0.25, 0.3) is 0 Å². The van der Waals surface area contributed by atoms with Crippen molar-refractivity contribution >= 4 is 5.91 Å². The Morgan fingerprint density at radius 2 is 1.89 bits per heavy atom. The molecule has 0 unspecified atom stereocenters. The number of hydrogen-bond donors (Lipinski definition) is 1. The molecule has 100 valence electrons. The maximum Gasteiger partial charge on any atom is 0.246 e. The zero-order chi connectivity index (χ0) is 13.9. The standard InChI is InChI=1S/C13H20N2O3/c1-13(2,12(16)15(3)14)10-7-6-9(17-4)8-11(10)18-5/h6-8H,14H2,1-5H3. The van der Waals surface area contributed by atoms with Crippen LogP contribution in [0.3, 0.4) is 0 Å². The van der Waals surface area contributed by atoms with Crippen LogP contribution in [-0.2, 0) is 10.2 Å². The number of methoxy groups -OCH3 is 2. The van der Waals surface area contributed by atoms with Gasteiger partial charge in [-0.25, -0.2) is 5.84 Å². The van der Waals surface area contributed by atoms with E-state index in [0.29, 0.717) is 11.5 Å². The lowest BCUT2D eigenvalue weighted by atomic mass is 9.83. The molecule has 0 heterocycles. The summed E-state index contributed by atoms with van der Waals surface area (Å²) in [4.78, 5) is 12.1. The Bertz CT molecular complexity index is 442. The SMILES string of the molecule is COc1ccc(C(C)(C)C(=O)N(C)N)c(OC)c1. The Balaban J connectivity index is 3.27. The van der Waals surface area contributed by atoms with Crippen LogP contribution >= 0.6 is 0 Å². The van der Waals surface area contributed by atoms with Crippen molar-refractivity contribution in [2.75, 3.05) is 21.3 Å². The molecule has 1 aromatic rings. The third-order valence-electron chi connectivity index (χ3n) is 2.94. The smallest absolute Gasteiger partial charge is 0.246 e. The van der Waals surface area contributed by atoms with Gasteiger partial charge in [-0.2, -0.15) is 0 Å².